The van der Waals surface area contributed by atoms with Crippen molar-refractivity contribution < 1.29 is 13.2 Å². The highest BCUT2D eigenvalue weighted by Gasteiger charge is 2.23. The normalized spacial score (nSPS) is 16.3. The lowest BCUT2D eigenvalue weighted by Gasteiger charge is -2.20. The summed E-state index contributed by atoms with van der Waals surface area (Å²) in [5, 5.41) is 6.20. The van der Waals surface area contributed by atoms with Crippen molar-refractivity contribution in [2.75, 3.05) is 24.4 Å². The highest BCUT2D eigenvalue weighted by atomic mass is 35.5. The number of benzene rings is 2. The van der Waals surface area contributed by atoms with E-state index in [4.69, 9.17) is 0 Å². The average molecular weight is 424 g/mol. The number of nitrogens with zero attached hydrogens (tertiary/aromatic N) is 1. The van der Waals surface area contributed by atoms with Crippen LogP contribution in [0.25, 0.3) is 0 Å². The van der Waals surface area contributed by atoms with Crippen LogP contribution in [-0.2, 0) is 10.0 Å². The molecule has 1 atom stereocenters. The van der Waals surface area contributed by atoms with E-state index >= 15 is 0 Å². The SMILES string of the molecule is Cc1ccc(N(C)S(=O)(=O)c2cccc(C(=O)NCC3CCCN3)c2)cc1.Cl. The summed E-state index contributed by atoms with van der Waals surface area (Å²) in [6.45, 7) is 3.46. The lowest BCUT2D eigenvalue weighted by molar-refractivity contribution is 0.0950. The molecule has 2 aromatic rings. The summed E-state index contributed by atoms with van der Waals surface area (Å²) >= 11 is 0. The Hall–Kier alpha value is -2.09. The topological polar surface area (TPSA) is 78.5 Å². The van der Waals surface area contributed by atoms with Crippen molar-refractivity contribution in [2.24, 2.45) is 0 Å². The number of aryl methyl sites for hydroxylation is 1. The summed E-state index contributed by atoms with van der Waals surface area (Å²) in [4.78, 5) is 12.5. The fourth-order valence-corrected chi connectivity index (χ4v) is 4.34. The first-order chi connectivity index (χ1) is 12.9. The smallest absolute Gasteiger partial charge is 0.264 e. The van der Waals surface area contributed by atoms with Crippen LogP contribution in [0.5, 0.6) is 0 Å². The number of carbonyl (C=O) groups excluding carboxylic acids is 1. The lowest BCUT2D eigenvalue weighted by Crippen LogP contribution is -2.37. The van der Waals surface area contributed by atoms with E-state index in [0.717, 1.165) is 24.9 Å². The molecule has 1 heterocycles. The van der Waals surface area contributed by atoms with Crippen molar-refractivity contribution >= 4 is 34.0 Å². The number of halogens is 1. The zero-order valence-corrected chi connectivity index (χ0v) is 17.6. The maximum atomic E-state index is 12.9. The van der Waals surface area contributed by atoms with Crippen LogP contribution in [0.3, 0.4) is 0 Å². The molecule has 1 saturated heterocycles. The van der Waals surface area contributed by atoms with Gasteiger partial charge in [0, 0.05) is 25.2 Å². The van der Waals surface area contributed by atoms with Crippen LogP contribution in [0.4, 0.5) is 5.69 Å². The summed E-state index contributed by atoms with van der Waals surface area (Å²) in [6.07, 6.45) is 2.15. The predicted molar refractivity (Wildman–Crippen MR) is 114 cm³/mol. The molecule has 6 nitrogen and oxygen atoms in total. The Morgan fingerprint density at radius 3 is 2.57 bits per heavy atom. The second-order valence-electron chi connectivity index (χ2n) is 6.84. The fraction of sp³-hybridized carbons (Fsp3) is 0.350. The molecule has 8 heteroatoms. The van der Waals surface area contributed by atoms with Gasteiger partial charge in [0.25, 0.3) is 15.9 Å². The van der Waals surface area contributed by atoms with Crippen molar-refractivity contribution in [1.29, 1.82) is 0 Å². The van der Waals surface area contributed by atoms with E-state index in [1.807, 2.05) is 19.1 Å². The number of carbonyl (C=O) groups is 1. The Balaban J connectivity index is 0.00000280. The van der Waals surface area contributed by atoms with Gasteiger partial charge in [-0.2, -0.15) is 0 Å². The summed E-state index contributed by atoms with van der Waals surface area (Å²) in [7, 11) is -2.24. The third-order valence-corrected chi connectivity index (χ3v) is 6.61. The number of hydrogen-bond acceptors (Lipinski definition) is 4. The zero-order valence-electron chi connectivity index (χ0n) is 16.0. The maximum Gasteiger partial charge on any atom is 0.264 e. The van der Waals surface area contributed by atoms with Crippen LogP contribution >= 0.6 is 12.4 Å². The molecule has 0 saturated carbocycles. The Morgan fingerprint density at radius 1 is 1.21 bits per heavy atom. The molecule has 2 N–H and O–H groups in total. The van der Waals surface area contributed by atoms with Crippen LogP contribution in [0, 0.1) is 6.92 Å². The van der Waals surface area contributed by atoms with Crippen molar-refractivity contribution in [3.05, 3.63) is 59.7 Å². The second kappa shape index (κ2) is 9.41. The molecular formula is C20H26ClN3O3S. The summed E-state index contributed by atoms with van der Waals surface area (Å²) < 4.78 is 27.1. The molecule has 152 valence electrons. The first kappa shape index (κ1) is 22.2. The third-order valence-electron chi connectivity index (χ3n) is 4.82. The van der Waals surface area contributed by atoms with Crippen molar-refractivity contribution in [3.63, 3.8) is 0 Å². The van der Waals surface area contributed by atoms with Gasteiger partial charge in [0.1, 0.15) is 0 Å². The molecule has 0 spiro atoms. The van der Waals surface area contributed by atoms with Gasteiger partial charge in [-0.05, 0) is 56.6 Å². The minimum Gasteiger partial charge on any atom is -0.350 e. The Labute approximate surface area is 172 Å². The highest BCUT2D eigenvalue weighted by molar-refractivity contribution is 7.92. The summed E-state index contributed by atoms with van der Waals surface area (Å²) in [6, 6.07) is 13.7. The number of sulfonamides is 1. The standard InChI is InChI=1S/C20H25N3O3S.ClH/c1-15-8-10-18(11-9-15)23(2)27(25,26)19-7-3-5-16(13-19)20(24)22-14-17-6-4-12-21-17;/h3,5,7-11,13,17,21H,4,6,12,14H2,1-2H3,(H,22,24);1H. The molecule has 3 rings (SSSR count). The number of anilines is 1. The molecule has 0 aliphatic carbocycles. The highest BCUT2D eigenvalue weighted by Crippen LogP contribution is 2.23. The van der Waals surface area contributed by atoms with Gasteiger partial charge < -0.3 is 10.6 Å². The second-order valence-corrected chi connectivity index (χ2v) is 8.81. The Bertz CT molecular complexity index is 911. The van der Waals surface area contributed by atoms with Crippen molar-refractivity contribution in [3.8, 4) is 0 Å². The van der Waals surface area contributed by atoms with Gasteiger partial charge in [-0.1, -0.05) is 23.8 Å². The van der Waals surface area contributed by atoms with Crippen LogP contribution in [0.1, 0.15) is 28.8 Å². The van der Waals surface area contributed by atoms with Gasteiger partial charge in [-0.25, -0.2) is 8.42 Å². The van der Waals surface area contributed by atoms with E-state index in [0.29, 0.717) is 17.8 Å². The fourth-order valence-electron chi connectivity index (χ4n) is 3.10. The zero-order chi connectivity index (χ0) is 19.4. The average Bonchev–Trinajstić information content (AvgIpc) is 3.20. The number of amides is 1. The van der Waals surface area contributed by atoms with E-state index < -0.39 is 10.0 Å². The quantitative estimate of drug-likeness (QED) is 0.748. The predicted octanol–water partition coefficient (Wildman–Crippen LogP) is 2.72. The van der Waals surface area contributed by atoms with Crippen LogP contribution in [0.2, 0.25) is 0 Å². The molecule has 1 aliphatic rings. The first-order valence-corrected chi connectivity index (χ1v) is 10.5. The van der Waals surface area contributed by atoms with Gasteiger partial charge in [0.2, 0.25) is 0 Å². The van der Waals surface area contributed by atoms with Crippen LogP contribution in [-0.4, -0.2) is 40.5 Å². The van der Waals surface area contributed by atoms with Crippen LogP contribution < -0.4 is 14.9 Å². The monoisotopic (exact) mass is 423 g/mol. The van der Waals surface area contributed by atoms with Gasteiger partial charge >= 0.3 is 0 Å². The van der Waals surface area contributed by atoms with E-state index in [2.05, 4.69) is 10.6 Å². The van der Waals surface area contributed by atoms with E-state index in [1.165, 1.54) is 23.5 Å². The van der Waals surface area contributed by atoms with E-state index in [-0.39, 0.29) is 29.3 Å². The van der Waals surface area contributed by atoms with Crippen molar-refractivity contribution in [1.82, 2.24) is 10.6 Å². The molecule has 1 aliphatic heterocycles. The van der Waals surface area contributed by atoms with Gasteiger partial charge in [0.05, 0.1) is 10.6 Å². The molecule has 1 unspecified atom stereocenters. The molecule has 1 fully saturated rings. The molecule has 0 radical (unpaired) electrons. The van der Waals surface area contributed by atoms with Gasteiger partial charge in [-0.15, -0.1) is 12.4 Å². The number of rotatable bonds is 6. The molecular weight excluding hydrogens is 398 g/mol. The van der Waals surface area contributed by atoms with Gasteiger partial charge in [-0.3, -0.25) is 9.10 Å². The number of nitrogens with one attached hydrogen (secondary N) is 2. The molecule has 2 aromatic carbocycles. The maximum absolute atomic E-state index is 12.9. The summed E-state index contributed by atoms with van der Waals surface area (Å²) in [5.41, 5.74) is 1.97. The Morgan fingerprint density at radius 2 is 1.93 bits per heavy atom. The Kier molecular flexibility index (Phi) is 7.46. The largest absolute Gasteiger partial charge is 0.350 e. The molecule has 0 bridgehead atoms. The van der Waals surface area contributed by atoms with E-state index in [9.17, 15) is 13.2 Å². The molecule has 0 aromatic heterocycles. The molecule has 1 amide bonds. The minimum atomic E-state index is -3.75. The third kappa shape index (κ3) is 5.04. The lowest BCUT2D eigenvalue weighted by atomic mass is 10.2. The molecule has 28 heavy (non-hydrogen) atoms. The van der Waals surface area contributed by atoms with Gasteiger partial charge in [0.15, 0.2) is 0 Å². The summed E-state index contributed by atoms with van der Waals surface area (Å²) in [5.74, 6) is -0.265. The van der Waals surface area contributed by atoms with Crippen LogP contribution in [0.15, 0.2) is 53.4 Å². The first-order valence-electron chi connectivity index (χ1n) is 9.05. The minimum absolute atomic E-state index is 0. The number of hydrogen-bond donors (Lipinski definition) is 2. The van der Waals surface area contributed by atoms with Crippen molar-refractivity contribution in [2.45, 2.75) is 30.7 Å². The van der Waals surface area contributed by atoms with E-state index in [1.54, 1.807) is 24.3 Å².